The third kappa shape index (κ3) is 1.67. The van der Waals surface area contributed by atoms with Crippen molar-refractivity contribution in [3.63, 3.8) is 0 Å². The predicted molar refractivity (Wildman–Crippen MR) is 54.4 cm³/mol. The fourth-order valence-corrected chi connectivity index (χ4v) is 1.83. The minimum absolute atomic E-state index is 0.0144. The highest BCUT2D eigenvalue weighted by Gasteiger charge is 2.30. The maximum atomic E-state index is 11.0. The Morgan fingerprint density at radius 1 is 1.38 bits per heavy atom. The minimum atomic E-state index is -0.264. The van der Waals surface area contributed by atoms with E-state index < -0.39 is 0 Å². The molecule has 0 fully saturated rings. The van der Waals surface area contributed by atoms with Gasteiger partial charge in [-0.15, -0.1) is 0 Å². The zero-order chi connectivity index (χ0) is 10.2. The molecular formula is C11H17NO. The van der Waals surface area contributed by atoms with Crippen molar-refractivity contribution in [1.82, 2.24) is 5.32 Å². The van der Waals surface area contributed by atoms with Crippen LogP contribution in [-0.2, 0) is 4.79 Å². The molecule has 0 aliphatic heterocycles. The van der Waals surface area contributed by atoms with Crippen LogP contribution >= 0.6 is 0 Å². The van der Waals surface area contributed by atoms with E-state index in [1.165, 1.54) is 16.7 Å². The van der Waals surface area contributed by atoms with Crippen LogP contribution in [0.2, 0.25) is 0 Å². The summed E-state index contributed by atoms with van der Waals surface area (Å²) in [5.41, 5.74) is 3.52. The number of amides is 1. The molecular weight excluding hydrogens is 162 g/mol. The van der Waals surface area contributed by atoms with E-state index in [9.17, 15) is 4.79 Å². The van der Waals surface area contributed by atoms with Crippen molar-refractivity contribution < 1.29 is 4.79 Å². The van der Waals surface area contributed by atoms with Gasteiger partial charge in [-0.3, -0.25) is 4.79 Å². The van der Waals surface area contributed by atoms with Gasteiger partial charge in [0.25, 0.3) is 0 Å². The van der Waals surface area contributed by atoms with Crippen molar-refractivity contribution in [2.24, 2.45) is 0 Å². The van der Waals surface area contributed by atoms with Crippen LogP contribution in [0.5, 0.6) is 0 Å². The summed E-state index contributed by atoms with van der Waals surface area (Å²) in [4.78, 5) is 11.0. The van der Waals surface area contributed by atoms with Crippen molar-refractivity contribution in [1.29, 1.82) is 0 Å². The Hall–Kier alpha value is -1.05. The van der Waals surface area contributed by atoms with E-state index in [-0.39, 0.29) is 11.4 Å². The van der Waals surface area contributed by atoms with E-state index in [1.807, 2.05) is 6.92 Å². The van der Waals surface area contributed by atoms with Gasteiger partial charge in [-0.25, -0.2) is 0 Å². The first kappa shape index (κ1) is 10.0. The van der Waals surface area contributed by atoms with Gasteiger partial charge < -0.3 is 5.32 Å². The molecule has 72 valence electrons. The lowest BCUT2D eigenvalue weighted by molar-refractivity contribution is -0.119. The normalized spacial score (nSPS) is 27.6. The van der Waals surface area contributed by atoms with Gasteiger partial charge in [-0.2, -0.15) is 0 Å². The van der Waals surface area contributed by atoms with E-state index in [2.05, 4.69) is 32.2 Å². The van der Waals surface area contributed by atoms with Gasteiger partial charge >= 0.3 is 0 Å². The van der Waals surface area contributed by atoms with E-state index in [1.54, 1.807) is 6.92 Å². The molecule has 0 aromatic carbocycles. The number of allylic oxidation sites excluding steroid dienone is 2. The summed E-state index contributed by atoms with van der Waals surface area (Å²) in [6, 6.07) is 0. The zero-order valence-corrected chi connectivity index (χ0v) is 8.99. The van der Waals surface area contributed by atoms with E-state index >= 15 is 0 Å². The second-order valence-electron chi connectivity index (χ2n) is 3.96. The molecule has 0 aromatic heterocycles. The van der Waals surface area contributed by atoms with Crippen LogP contribution in [0, 0.1) is 0 Å². The summed E-state index contributed by atoms with van der Waals surface area (Å²) in [6.07, 6.45) is 2.11. The Labute approximate surface area is 79.7 Å². The lowest BCUT2D eigenvalue weighted by Crippen LogP contribution is -2.43. The van der Waals surface area contributed by atoms with Crippen molar-refractivity contribution in [2.45, 2.75) is 40.2 Å². The highest BCUT2D eigenvalue weighted by atomic mass is 16.1. The van der Waals surface area contributed by atoms with E-state index in [4.69, 9.17) is 0 Å². The van der Waals surface area contributed by atoms with Crippen LogP contribution in [0.1, 0.15) is 34.6 Å². The van der Waals surface area contributed by atoms with Gasteiger partial charge in [0.2, 0.25) is 5.91 Å². The molecule has 1 amide bonds. The topological polar surface area (TPSA) is 29.1 Å². The summed E-state index contributed by atoms with van der Waals surface area (Å²) in [5, 5.41) is 2.96. The third-order valence-corrected chi connectivity index (χ3v) is 2.87. The van der Waals surface area contributed by atoms with Gasteiger partial charge in [0.05, 0.1) is 5.54 Å². The van der Waals surface area contributed by atoms with Crippen molar-refractivity contribution in [2.75, 3.05) is 0 Å². The molecule has 1 aliphatic carbocycles. The summed E-state index contributed by atoms with van der Waals surface area (Å²) in [5.74, 6) is 0.0144. The first-order chi connectivity index (χ1) is 5.87. The summed E-state index contributed by atoms with van der Waals surface area (Å²) in [6.45, 7) is 9.82. The number of hydrogen-bond donors (Lipinski definition) is 1. The molecule has 0 aromatic rings. The Morgan fingerprint density at radius 2 is 1.92 bits per heavy atom. The second-order valence-corrected chi connectivity index (χ2v) is 3.96. The average molecular weight is 179 g/mol. The van der Waals surface area contributed by atoms with Crippen LogP contribution < -0.4 is 5.32 Å². The molecule has 0 radical (unpaired) electrons. The van der Waals surface area contributed by atoms with Crippen molar-refractivity contribution in [3.05, 3.63) is 22.8 Å². The van der Waals surface area contributed by atoms with Crippen molar-refractivity contribution in [3.8, 4) is 0 Å². The molecule has 0 bridgehead atoms. The number of nitrogens with one attached hydrogen (secondary N) is 1. The molecule has 0 heterocycles. The Bertz CT molecular complexity index is 312. The first-order valence-corrected chi connectivity index (χ1v) is 4.53. The quantitative estimate of drug-likeness (QED) is 0.656. The van der Waals surface area contributed by atoms with Gasteiger partial charge in [0, 0.05) is 6.92 Å². The lowest BCUT2D eigenvalue weighted by atomic mass is 9.95. The molecule has 2 nitrogen and oxygen atoms in total. The molecule has 1 atom stereocenters. The number of carbonyl (C=O) groups excluding carboxylic acids is 1. The number of hydrogen-bond acceptors (Lipinski definition) is 1. The minimum Gasteiger partial charge on any atom is -0.344 e. The van der Waals surface area contributed by atoms with E-state index in [0.29, 0.717) is 0 Å². The molecule has 0 saturated carbocycles. The molecule has 0 spiro atoms. The molecule has 1 N–H and O–H groups in total. The smallest absolute Gasteiger partial charge is 0.217 e. The van der Waals surface area contributed by atoms with E-state index in [0.717, 1.165) is 0 Å². The molecule has 0 saturated heterocycles. The van der Waals surface area contributed by atoms with Crippen LogP contribution in [0.3, 0.4) is 0 Å². The van der Waals surface area contributed by atoms with Crippen LogP contribution in [0.25, 0.3) is 0 Å². The SMILES string of the molecule is CC(=O)NC1(C)C=C(C)C(C)=C1C. The molecule has 1 rings (SSSR count). The first-order valence-electron chi connectivity index (χ1n) is 4.53. The Balaban J connectivity index is 3.02. The van der Waals surface area contributed by atoms with Crippen LogP contribution in [-0.4, -0.2) is 11.4 Å². The number of carbonyl (C=O) groups is 1. The average Bonchev–Trinajstić information content (AvgIpc) is 2.14. The summed E-state index contributed by atoms with van der Waals surface area (Å²) in [7, 11) is 0. The highest BCUT2D eigenvalue weighted by molar-refractivity contribution is 5.75. The van der Waals surface area contributed by atoms with Crippen LogP contribution in [0.15, 0.2) is 22.8 Å². The fourth-order valence-electron chi connectivity index (χ4n) is 1.83. The summed E-state index contributed by atoms with van der Waals surface area (Å²) >= 11 is 0. The zero-order valence-electron chi connectivity index (χ0n) is 8.99. The summed E-state index contributed by atoms with van der Waals surface area (Å²) < 4.78 is 0. The van der Waals surface area contributed by atoms with Crippen molar-refractivity contribution >= 4 is 5.91 Å². The maximum Gasteiger partial charge on any atom is 0.217 e. The van der Waals surface area contributed by atoms with Crippen LogP contribution in [0.4, 0.5) is 0 Å². The van der Waals surface area contributed by atoms with Gasteiger partial charge in [-0.1, -0.05) is 6.08 Å². The Morgan fingerprint density at radius 3 is 2.23 bits per heavy atom. The second kappa shape index (κ2) is 3.02. The lowest BCUT2D eigenvalue weighted by Gasteiger charge is -2.25. The fraction of sp³-hybridized carbons (Fsp3) is 0.545. The highest BCUT2D eigenvalue weighted by Crippen LogP contribution is 2.33. The van der Waals surface area contributed by atoms with Gasteiger partial charge in [-0.05, 0) is 44.4 Å². The molecule has 2 heteroatoms. The van der Waals surface area contributed by atoms with Gasteiger partial charge in [0.1, 0.15) is 0 Å². The largest absolute Gasteiger partial charge is 0.344 e. The third-order valence-electron chi connectivity index (χ3n) is 2.87. The molecule has 1 aliphatic rings. The number of rotatable bonds is 1. The predicted octanol–water partition coefficient (Wildman–Crippen LogP) is 2.18. The maximum absolute atomic E-state index is 11.0. The molecule has 1 unspecified atom stereocenters. The molecule has 13 heavy (non-hydrogen) atoms. The monoisotopic (exact) mass is 179 g/mol. The van der Waals surface area contributed by atoms with Gasteiger partial charge in [0.15, 0.2) is 0 Å². The Kier molecular flexibility index (Phi) is 2.33. The standard InChI is InChI=1S/C11H17NO/c1-7-6-11(5,12-10(4)13)9(3)8(7)2/h6H,1-5H3,(H,12,13).